The highest BCUT2D eigenvalue weighted by Gasteiger charge is 2.16. The highest BCUT2D eigenvalue weighted by molar-refractivity contribution is 7.13. The molecule has 1 amide bonds. The van der Waals surface area contributed by atoms with E-state index in [0.717, 1.165) is 23.8 Å². The Hall–Kier alpha value is -1.62. The van der Waals surface area contributed by atoms with E-state index in [1.165, 1.54) is 32.1 Å². The van der Waals surface area contributed by atoms with E-state index in [9.17, 15) is 4.79 Å². The molecule has 1 aliphatic carbocycles. The fourth-order valence-electron chi connectivity index (χ4n) is 2.90. The van der Waals surface area contributed by atoms with E-state index in [-0.39, 0.29) is 5.91 Å². The molecule has 1 N–H and O–H groups in total. The van der Waals surface area contributed by atoms with E-state index in [2.05, 4.69) is 10.5 Å². The summed E-state index contributed by atoms with van der Waals surface area (Å²) >= 11 is 1.57. The number of aromatic nitrogens is 1. The number of carbonyl (C=O) groups is 1. The van der Waals surface area contributed by atoms with Gasteiger partial charge in [0, 0.05) is 12.6 Å². The first-order chi connectivity index (χ1) is 10.3. The first-order valence-corrected chi connectivity index (χ1v) is 8.49. The van der Waals surface area contributed by atoms with Crippen molar-refractivity contribution in [2.75, 3.05) is 6.54 Å². The van der Waals surface area contributed by atoms with Crippen molar-refractivity contribution in [3.05, 3.63) is 29.3 Å². The van der Waals surface area contributed by atoms with Gasteiger partial charge in [-0.2, -0.15) is 0 Å². The quantitative estimate of drug-likeness (QED) is 0.817. The van der Waals surface area contributed by atoms with Crippen molar-refractivity contribution < 1.29 is 9.32 Å². The molecule has 2 aromatic heterocycles. The van der Waals surface area contributed by atoms with Crippen molar-refractivity contribution >= 4 is 17.2 Å². The average molecular weight is 304 g/mol. The lowest BCUT2D eigenvalue weighted by Crippen LogP contribution is -2.25. The average Bonchev–Trinajstić information content (AvgIpc) is 3.25. The van der Waals surface area contributed by atoms with E-state index in [1.54, 1.807) is 17.4 Å². The maximum Gasteiger partial charge on any atom is 0.273 e. The van der Waals surface area contributed by atoms with Gasteiger partial charge in [-0.15, -0.1) is 11.3 Å². The molecule has 112 valence electrons. The Kier molecular flexibility index (Phi) is 4.70. The van der Waals surface area contributed by atoms with Gasteiger partial charge in [0.05, 0.1) is 4.88 Å². The topological polar surface area (TPSA) is 55.1 Å². The van der Waals surface area contributed by atoms with Crippen LogP contribution in [0.5, 0.6) is 0 Å². The zero-order valence-electron chi connectivity index (χ0n) is 12.0. The second kappa shape index (κ2) is 6.89. The molecule has 0 aromatic carbocycles. The zero-order valence-corrected chi connectivity index (χ0v) is 12.8. The summed E-state index contributed by atoms with van der Waals surface area (Å²) in [6, 6.07) is 5.61. The molecule has 0 saturated heterocycles. The Bertz CT molecular complexity index is 571. The molecule has 1 fully saturated rings. The summed E-state index contributed by atoms with van der Waals surface area (Å²) in [6.45, 7) is 0.719. The van der Waals surface area contributed by atoms with E-state index in [0.29, 0.717) is 11.5 Å². The maximum absolute atomic E-state index is 12.0. The van der Waals surface area contributed by atoms with Gasteiger partial charge in [-0.25, -0.2) is 0 Å². The van der Waals surface area contributed by atoms with Crippen LogP contribution in [0.25, 0.3) is 10.6 Å². The van der Waals surface area contributed by atoms with Crippen LogP contribution in [-0.2, 0) is 0 Å². The first-order valence-electron chi connectivity index (χ1n) is 7.62. The number of nitrogens with one attached hydrogen (secondary N) is 1. The number of amides is 1. The molecule has 0 atom stereocenters. The summed E-state index contributed by atoms with van der Waals surface area (Å²) in [5, 5.41) is 8.74. The zero-order chi connectivity index (χ0) is 14.5. The van der Waals surface area contributed by atoms with Gasteiger partial charge < -0.3 is 9.84 Å². The Balaban J connectivity index is 1.44. The van der Waals surface area contributed by atoms with Crippen LogP contribution < -0.4 is 5.32 Å². The molecule has 0 aliphatic heterocycles. The minimum absolute atomic E-state index is 0.145. The van der Waals surface area contributed by atoms with E-state index >= 15 is 0 Å². The summed E-state index contributed by atoms with van der Waals surface area (Å²) in [7, 11) is 0. The van der Waals surface area contributed by atoms with Gasteiger partial charge in [-0.3, -0.25) is 4.79 Å². The van der Waals surface area contributed by atoms with Crippen LogP contribution in [0, 0.1) is 5.92 Å². The van der Waals surface area contributed by atoms with Gasteiger partial charge in [0.25, 0.3) is 5.91 Å². The smallest absolute Gasteiger partial charge is 0.273 e. The molecule has 5 heteroatoms. The fourth-order valence-corrected chi connectivity index (χ4v) is 3.57. The third-order valence-corrected chi connectivity index (χ3v) is 4.94. The van der Waals surface area contributed by atoms with Crippen molar-refractivity contribution in [3.8, 4) is 10.6 Å². The summed E-state index contributed by atoms with van der Waals surface area (Å²) in [5.74, 6) is 1.38. The highest BCUT2D eigenvalue weighted by Crippen LogP contribution is 2.28. The molecule has 0 spiro atoms. The molecule has 4 nitrogen and oxygen atoms in total. The number of thiophene rings is 1. The standard InChI is InChI=1S/C16H20N2O2S/c19-16(17-9-3-7-12-5-1-2-6-12)13-11-14(20-18-13)15-8-4-10-21-15/h4,8,10-12H,1-3,5-7,9H2,(H,17,19). The van der Waals surface area contributed by atoms with Crippen molar-refractivity contribution in [2.45, 2.75) is 38.5 Å². The SMILES string of the molecule is O=C(NCCCC1CCCC1)c1cc(-c2cccs2)on1. The fraction of sp³-hybridized carbons (Fsp3) is 0.500. The Morgan fingerprint density at radius 3 is 3.05 bits per heavy atom. The third kappa shape index (κ3) is 3.73. The van der Waals surface area contributed by atoms with Crippen LogP contribution in [0.1, 0.15) is 49.0 Å². The van der Waals surface area contributed by atoms with E-state index in [4.69, 9.17) is 4.52 Å². The Morgan fingerprint density at radius 2 is 2.29 bits per heavy atom. The van der Waals surface area contributed by atoms with Crippen LogP contribution in [0.15, 0.2) is 28.1 Å². The van der Waals surface area contributed by atoms with Crippen molar-refractivity contribution in [3.63, 3.8) is 0 Å². The predicted octanol–water partition coefficient (Wildman–Crippen LogP) is 4.10. The number of hydrogen-bond acceptors (Lipinski definition) is 4. The van der Waals surface area contributed by atoms with Crippen LogP contribution in [0.2, 0.25) is 0 Å². The van der Waals surface area contributed by atoms with Gasteiger partial charge in [0.2, 0.25) is 0 Å². The van der Waals surface area contributed by atoms with Crippen LogP contribution in [-0.4, -0.2) is 17.6 Å². The van der Waals surface area contributed by atoms with Crippen molar-refractivity contribution in [1.82, 2.24) is 10.5 Å². The number of hydrogen-bond donors (Lipinski definition) is 1. The van der Waals surface area contributed by atoms with Gasteiger partial charge in [0.1, 0.15) is 0 Å². The molecule has 1 saturated carbocycles. The van der Waals surface area contributed by atoms with Crippen molar-refractivity contribution in [1.29, 1.82) is 0 Å². The third-order valence-electron chi connectivity index (χ3n) is 4.06. The van der Waals surface area contributed by atoms with E-state index in [1.807, 2.05) is 17.5 Å². The van der Waals surface area contributed by atoms with Gasteiger partial charge in [-0.05, 0) is 30.2 Å². The lowest BCUT2D eigenvalue weighted by molar-refractivity contribution is 0.0943. The molecule has 0 bridgehead atoms. The largest absolute Gasteiger partial charge is 0.355 e. The predicted molar refractivity (Wildman–Crippen MR) is 83.3 cm³/mol. The summed E-state index contributed by atoms with van der Waals surface area (Å²) in [6.07, 6.45) is 7.75. The molecule has 2 aromatic rings. The molecule has 2 heterocycles. The summed E-state index contributed by atoms with van der Waals surface area (Å²) < 4.78 is 5.22. The number of carbonyl (C=O) groups excluding carboxylic acids is 1. The molecule has 0 radical (unpaired) electrons. The van der Waals surface area contributed by atoms with Crippen LogP contribution in [0.3, 0.4) is 0 Å². The Morgan fingerprint density at radius 1 is 1.43 bits per heavy atom. The molecular weight excluding hydrogens is 284 g/mol. The van der Waals surface area contributed by atoms with Gasteiger partial charge in [0.15, 0.2) is 11.5 Å². The summed E-state index contributed by atoms with van der Waals surface area (Å²) in [5.41, 5.74) is 0.360. The monoisotopic (exact) mass is 304 g/mol. The highest BCUT2D eigenvalue weighted by atomic mass is 32.1. The van der Waals surface area contributed by atoms with E-state index < -0.39 is 0 Å². The summed E-state index contributed by atoms with van der Waals surface area (Å²) in [4.78, 5) is 13.0. The van der Waals surface area contributed by atoms with Gasteiger partial charge >= 0.3 is 0 Å². The number of rotatable bonds is 6. The lowest BCUT2D eigenvalue weighted by Gasteiger charge is -2.08. The molecule has 3 rings (SSSR count). The lowest BCUT2D eigenvalue weighted by atomic mass is 10.0. The van der Waals surface area contributed by atoms with Crippen LogP contribution >= 0.6 is 11.3 Å². The van der Waals surface area contributed by atoms with Crippen molar-refractivity contribution in [2.24, 2.45) is 5.92 Å². The van der Waals surface area contributed by atoms with Gasteiger partial charge in [-0.1, -0.05) is 36.9 Å². The van der Waals surface area contributed by atoms with Crippen LogP contribution in [0.4, 0.5) is 0 Å². The Labute approximate surface area is 128 Å². The normalized spacial score (nSPS) is 15.4. The first kappa shape index (κ1) is 14.3. The molecular formula is C16H20N2O2S. The minimum Gasteiger partial charge on any atom is -0.355 e. The number of nitrogens with zero attached hydrogens (tertiary/aromatic N) is 1. The second-order valence-electron chi connectivity index (χ2n) is 5.60. The molecule has 1 aliphatic rings. The molecule has 21 heavy (non-hydrogen) atoms. The maximum atomic E-state index is 12.0. The molecule has 0 unspecified atom stereocenters. The minimum atomic E-state index is -0.145. The second-order valence-corrected chi connectivity index (χ2v) is 6.55.